The predicted molar refractivity (Wildman–Crippen MR) is 77.7 cm³/mol. The molecule has 0 N–H and O–H groups in total. The molecular weight excluding hydrogens is 291 g/mol. The molecule has 0 aliphatic carbocycles. The van der Waals surface area contributed by atoms with Crippen molar-refractivity contribution in [2.75, 3.05) is 19.7 Å². The first-order valence-corrected chi connectivity index (χ1v) is 7.33. The number of benzene rings is 1. The number of nitro benzene ring substituents is 1. The van der Waals surface area contributed by atoms with Crippen LogP contribution in [0.2, 0.25) is 0 Å². The van der Waals surface area contributed by atoms with E-state index >= 15 is 0 Å². The Labute approximate surface area is 128 Å². The van der Waals surface area contributed by atoms with E-state index in [9.17, 15) is 19.3 Å². The van der Waals surface area contributed by atoms with Crippen LogP contribution in [0.15, 0.2) is 18.2 Å². The average Bonchev–Trinajstić information content (AvgIpc) is 2.47. The summed E-state index contributed by atoms with van der Waals surface area (Å²) >= 11 is 0. The van der Waals surface area contributed by atoms with Crippen LogP contribution in [0.3, 0.4) is 0 Å². The smallest absolute Gasteiger partial charge is 0.310 e. The molecule has 1 aromatic carbocycles. The molecule has 7 heteroatoms. The van der Waals surface area contributed by atoms with E-state index < -0.39 is 16.4 Å². The molecule has 1 heterocycles. The van der Waals surface area contributed by atoms with Crippen LogP contribution >= 0.6 is 0 Å². The highest BCUT2D eigenvalue weighted by Crippen LogP contribution is 2.22. The molecular formula is C15H19FN2O4. The van der Waals surface area contributed by atoms with Crippen LogP contribution in [-0.4, -0.2) is 35.5 Å². The van der Waals surface area contributed by atoms with Gasteiger partial charge in [-0.2, -0.15) is 4.39 Å². The SMILES string of the molecule is CCOC(=O)C1CCCN(Cc2ccc([N+](=O)[O-])c(F)c2)C1. The number of nitro groups is 1. The van der Waals surface area contributed by atoms with Crippen molar-refractivity contribution >= 4 is 11.7 Å². The van der Waals surface area contributed by atoms with Gasteiger partial charge in [0.15, 0.2) is 0 Å². The highest BCUT2D eigenvalue weighted by molar-refractivity contribution is 5.72. The normalized spacial score (nSPS) is 18.9. The number of likely N-dealkylation sites (tertiary alicyclic amines) is 1. The van der Waals surface area contributed by atoms with Gasteiger partial charge in [0, 0.05) is 19.2 Å². The predicted octanol–water partition coefficient (Wildman–Crippen LogP) is 2.51. The van der Waals surface area contributed by atoms with Gasteiger partial charge in [-0.15, -0.1) is 0 Å². The maximum Gasteiger partial charge on any atom is 0.310 e. The van der Waals surface area contributed by atoms with Gasteiger partial charge < -0.3 is 4.74 Å². The first-order chi connectivity index (χ1) is 10.5. The Morgan fingerprint density at radius 3 is 2.95 bits per heavy atom. The third-order valence-corrected chi connectivity index (χ3v) is 3.74. The summed E-state index contributed by atoms with van der Waals surface area (Å²) in [4.78, 5) is 23.7. The Kier molecular flexibility index (Phi) is 5.43. The van der Waals surface area contributed by atoms with E-state index in [-0.39, 0.29) is 11.9 Å². The van der Waals surface area contributed by atoms with Crippen LogP contribution in [0.1, 0.15) is 25.3 Å². The lowest BCUT2D eigenvalue weighted by atomic mass is 9.97. The summed E-state index contributed by atoms with van der Waals surface area (Å²) in [5.41, 5.74) is 0.138. The topological polar surface area (TPSA) is 72.7 Å². The van der Waals surface area contributed by atoms with E-state index in [1.54, 1.807) is 13.0 Å². The number of piperidine rings is 1. The van der Waals surface area contributed by atoms with Crippen LogP contribution in [-0.2, 0) is 16.1 Å². The molecule has 0 radical (unpaired) electrons. The van der Waals surface area contributed by atoms with Crippen molar-refractivity contribution in [2.45, 2.75) is 26.3 Å². The summed E-state index contributed by atoms with van der Waals surface area (Å²) in [6.07, 6.45) is 1.67. The van der Waals surface area contributed by atoms with Crippen LogP contribution in [0, 0.1) is 21.8 Å². The number of carbonyl (C=O) groups excluding carboxylic acids is 1. The number of carbonyl (C=O) groups is 1. The van der Waals surface area contributed by atoms with Crippen LogP contribution in [0.25, 0.3) is 0 Å². The van der Waals surface area contributed by atoms with Crippen molar-refractivity contribution in [3.05, 3.63) is 39.7 Å². The minimum atomic E-state index is -0.832. The van der Waals surface area contributed by atoms with Gasteiger partial charge in [-0.05, 0) is 37.9 Å². The molecule has 1 atom stereocenters. The van der Waals surface area contributed by atoms with E-state index in [4.69, 9.17) is 4.74 Å². The van der Waals surface area contributed by atoms with Gasteiger partial charge in [-0.25, -0.2) is 0 Å². The second kappa shape index (κ2) is 7.31. The molecule has 0 saturated carbocycles. The molecule has 1 saturated heterocycles. The van der Waals surface area contributed by atoms with Gasteiger partial charge in [0.05, 0.1) is 17.4 Å². The fraction of sp³-hybridized carbons (Fsp3) is 0.533. The third-order valence-electron chi connectivity index (χ3n) is 3.74. The molecule has 120 valence electrons. The molecule has 0 aromatic heterocycles. The van der Waals surface area contributed by atoms with E-state index in [1.807, 2.05) is 4.90 Å². The molecule has 1 aromatic rings. The van der Waals surface area contributed by atoms with Crippen molar-refractivity contribution < 1.29 is 18.8 Å². The largest absolute Gasteiger partial charge is 0.466 e. The Hall–Kier alpha value is -2.02. The minimum Gasteiger partial charge on any atom is -0.466 e. The maximum atomic E-state index is 13.6. The zero-order valence-electron chi connectivity index (χ0n) is 12.5. The molecule has 6 nitrogen and oxygen atoms in total. The number of halogens is 1. The second-order valence-corrected chi connectivity index (χ2v) is 5.37. The number of ether oxygens (including phenoxy) is 1. The number of hydrogen-bond acceptors (Lipinski definition) is 5. The molecule has 0 spiro atoms. The quantitative estimate of drug-likeness (QED) is 0.474. The third kappa shape index (κ3) is 4.00. The average molecular weight is 310 g/mol. The lowest BCUT2D eigenvalue weighted by molar-refractivity contribution is -0.387. The van der Waals surface area contributed by atoms with Crippen molar-refractivity contribution in [2.24, 2.45) is 5.92 Å². The fourth-order valence-electron chi connectivity index (χ4n) is 2.71. The number of nitrogens with zero attached hydrogens (tertiary/aromatic N) is 2. The van der Waals surface area contributed by atoms with Crippen LogP contribution in [0.4, 0.5) is 10.1 Å². The van der Waals surface area contributed by atoms with Crippen molar-refractivity contribution in [1.29, 1.82) is 0 Å². The van der Waals surface area contributed by atoms with Crippen LogP contribution in [0.5, 0.6) is 0 Å². The lowest BCUT2D eigenvalue weighted by Gasteiger charge is -2.31. The first-order valence-electron chi connectivity index (χ1n) is 7.33. The Bertz CT molecular complexity index is 564. The zero-order valence-corrected chi connectivity index (χ0v) is 12.5. The van der Waals surface area contributed by atoms with Gasteiger partial charge in [0.25, 0.3) is 0 Å². The molecule has 1 aliphatic rings. The molecule has 22 heavy (non-hydrogen) atoms. The maximum absolute atomic E-state index is 13.6. The molecule has 0 amide bonds. The Balaban J connectivity index is 1.99. The van der Waals surface area contributed by atoms with Gasteiger partial charge >= 0.3 is 11.7 Å². The first kappa shape index (κ1) is 16.4. The van der Waals surface area contributed by atoms with Gasteiger partial charge in [0.1, 0.15) is 0 Å². The Morgan fingerprint density at radius 1 is 1.55 bits per heavy atom. The lowest BCUT2D eigenvalue weighted by Crippen LogP contribution is -2.38. The summed E-state index contributed by atoms with van der Waals surface area (Å²) in [6.45, 7) is 3.98. The highest BCUT2D eigenvalue weighted by Gasteiger charge is 2.27. The monoisotopic (exact) mass is 310 g/mol. The van der Waals surface area contributed by atoms with Crippen molar-refractivity contribution in [1.82, 2.24) is 4.90 Å². The summed E-state index contributed by atoms with van der Waals surface area (Å²) in [6, 6.07) is 3.92. The molecule has 1 unspecified atom stereocenters. The minimum absolute atomic E-state index is 0.156. The highest BCUT2D eigenvalue weighted by atomic mass is 19.1. The van der Waals surface area contributed by atoms with E-state index in [0.29, 0.717) is 25.3 Å². The summed E-state index contributed by atoms with van der Waals surface area (Å²) < 4.78 is 18.7. The number of hydrogen-bond donors (Lipinski definition) is 0. The molecule has 1 aliphatic heterocycles. The summed E-state index contributed by atoms with van der Waals surface area (Å²) in [5.74, 6) is -1.18. The van der Waals surface area contributed by atoms with Gasteiger partial charge in [0.2, 0.25) is 5.82 Å². The van der Waals surface area contributed by atoms with E-state index in [2.05, 4.69) is 0 Å². The molecule has 2 rings (SSSR count). The number of esters is 1. The summed E-state index contributed by atoms with van der Waals surface area (Å²) in [7, 11) is 0. The van der Waals surface area contributed by atoms with Gasteiger partial charge in [-0.1, -0.05) is 6.07 Å². The van der Waals surface area contributed by atoms with Gasteiger partial charge in [-0.3, -0.25) is 19.8 Å². The van der Waals surface area contributed by atoms with Crippen molar-refractivity contribution in [3.63, 3.8) is 0 Å². The van der Waals surface area contributed by atoms with Crippen LogP contribution < -0.4 is 0 Å². The zero-order chi connectivity index (χ0) is 16.1. The standard InChI is InChI=1S/C15H19FN2O4/c1-2-22-15(19)12-4-3-7-17(10-12)9-11-5-6-14(18(20)21)13(16)8-11/h5-6,8,12H,2-4,7,9-10H2,1H3. The second-order valence-electron chi connectivity index (χ2n) is 5.37. The van der Waals surface area contributed by atoms with E-state index in [1.165, 1.54) is 12.1 Å². The Morgan fingerprint density at radius 2 is 2.32 bits per heavy atom. The van der Waals surface area contributed by atoms with E-state index in [0.717, 1.165) is 19.4 Å². The fourth-order valence-corrected chi connectivity index (χ4v) is 2.71. The summed E-state index contributed by atoms with van der Waals surface area (Å²) in [5, 5.41) is 10.6. The molecule has 0 bridgehead atoms. The molecule has 1 fully saturated rings. The van der Waals surface area contributed by atoms with Crippen molar-refractivity contribution in [3.8, 4) is 0 Å². The number of rotatable bonds is 5.